The highest BCUT2D eigenvalue weighted by Gasteiger charge is 2.36. The predicted molar refractivity (Wildman–Crippen MR) is 91.6 cm³/mol. The van der Waals surface area contributed by atoms with Gasteiger partial charge in [-0.25, -0.2) is 0 Å². The van der Waals surface area contributed by atoms with Gasteiger partial charge in [-0.1, -0.05) is 19.8 Å². The zero-order valence-electron chi connectivity index (χ0n) is 15.1. The topological polar surface area (TPSA) is 45.6 Å². The fourth-order valence-corrected chi connectivity index (χ4v) is 3.49. The molecule has 1 aliphatic rings. The molecule has 0 aromatic carbocycles. The second kappa shape index (κ2) is 7.20. The molecule has 0 bridgehead atoms. The third-order valence-corrected chi connectivity index (χ3v) is 4.93. The second-order valence-corrected chi connectivity index (χ2v) is 6.45. The number of likely N-dealkylation sites (N-methyl/N-ethyl adjacent to an activating group) is 1. The summed E-state index contributed by atoms with van der Waals surface area (Å²) in [5.74, 6) is 0.0719. The molecule has 5 nitrogen and oxygen atoms in total. The van der Waals surface area contributed by atoms with E-state index in [9.17, 15) is 9.59 Å². The highest BCUT2D eigenvalue weighted by Crippen LogP contribution is 2.22. The van der Waals surface area contributed by atoms with Crippen LogP contribution in [0, 0.1) is 13.8 Å². The van der Waals surface area contributed by atoms with Crippen LogP contribution in [-0.4, -0.2) is 52.4 Å². The molecule has 1 aromatic rings. The van der Waals surface area contributed by atoms with Gasteiger partial charge in [-0.2, -0.15) is 0 Å². The Balaban J connectivity index is 2.30. The Morgan fingerprint density at radius 2 is 1.96 bits per heavy atom. The number of piperazine rings is 1. The lowest BCUT2D eigenvalue weighted by Gasteiger charge is -2.39. The minimum Gasteiger partial charge on any atom is -0.349 e. The number of hydrogen-bond acceptors (Lipinski definition) is 2. The minimum atomic E-state index is -0.314. The van der Waals surface area contributed by atoms with Gasteiger partial charge in [-0.15, -0.1) is 0 Å². The minimum absolute atomic E-state index is 0.000327. The summed E-state index contributed by atoms with van der Waals surface area (Å²) < 4.78 is 2.15. The quantitative estimate of drug-likeness (QED) is 0.837. The van der Waals surface area contributed by atoms with Gasteiger partial charge in [-0.3, -0.25) is 9.59 Å². The van der Waals surface area contributed by atoms with Crippen LogP contribution in [0.4, 0.5) is 0 Å². The number of aromatic nitrogens is 1. The number of carbonyl (C=O) groups is 2. The van der Waals surface area contributed by atoms with Crippen molar-refractivity contribution in [1.82, 2.24) is 14.4 Å². The second-order valence-electron chi connectivity index (χ2n) is 6.45. The fraction of sp³-hybridized carbons (Fsp3) is 0.667. The van der Waals surface area contributed by atoms with Crippen LogP contribution in [-0.2, 0) is 11.3 Å². The lowest BCUT2D eigenvalue weighted by Crippen LogP contribution is -2.57. The molecule has 1 aliphatic heterocycles. The van der Waals surface area contributed by atoms with E-state index < -0.39 is 0 Å². The van der Waals surface area contributed by atoms with Gasteiger partial charge in [0.25, 0.3) is 5.91 Å². The molecule has 2 heterocycles. The van der Waals surface area contributed by atoms with Crippen molar-refractivity contribution in [2.75, 3.05) is 20.1 Å². The maximum atomic E-state index is 13.1. The van der Waals surface area contributed by atoms with E-state index in [1.54, 1.807) is 9.80 Å². The van der Waals surface area contributed by atoms with E-state index >= 15 is 0 Å². The highest BCUT2D eigenvalue weighted by atomic mass is 16.2. The van der Waals surface area contributed by atoms with Crippen LogP contribution in [0.5, 0.6) is 0 Å². The summed E-state index contributed by atoms with van der Waals surface area (Å²) in [4.78, 5) is 29.1. The van der Waals surface area contributed by atoms with Crippen molar-refractivity contribution >= 4 is 11.8 Å². The molecule has 2 rings (SSSR count). The van der Waals surface area contributed by atoms with Crippen LogP contribution in [0.1, 0.15) is 54.9 Å². The molecule has 5 heteroatoms. The van der Waals surface area contributed by atoms with E-state index in [0.717, 1.165) is 42.8 Å². The summed E-state index contributed by atoms with van der Waals surface area (Å²) in [5, 5.41) is 0. The molecule has 128 valence electrons. The standard InChI is InChI=1S/C18H29N3O2/c1-6-8-9-16-18(23)19(5)10-11-21(16)17(22)15-12-13(3)20(7-2)14(15)4/h12,16H,6-11H2,1-5H3/t16-/m0/s1. The van der Waals surface area contributed by atoms with Crippen molar-refractivity contribution in [1.29, 1.82) is 0 Å². The van der Waals surface area contributed by atoms with Gasteiger partial charge in [-0.05, 0) is 33.3 Å². The zero-order valence-corrected chi connectivity index (χ0v) is 15.1. The summed E-state index contributed by atoms with van der Waals surface area (Å²) in [5.41, 5.74) is 2.83. The molecule has 0 aliphatic carbocycles. The van der Waals surface area contributed by atoms with Gasteiger partial charge in [0.15, 0.2) is 0 Å². The third-order valence-electron chi connectivity index (χ3n) is 4.93. The van der Waals surface area contributed by atoms with Crippen LogP contribution in [0.2, 0.25) is 0 Å². The van der Waals surface area contributed by atoms with Crippen molar-refractivity contribution in [2.45, 2.75) is 59.5 Å². The molecular formula is C18H29N3O2. The number of rotatable bonds is 5. The normalized spacial score (nSPS) is 18.7. The monoisotopic (exact) mass is 319 g/mol. The average Bonchev–Trinajstić information content (AvgIpc) is 2.82. The van der Waals surface area contributed by atoms with Gasteiger partial charge < -0.3 is 14.4 Å². The molecule has 23 heavy (non-hydrogen) atoms. The summed E-state index contributed by atoms with van der Waals surface area (Å²) in [6, 6.07) is 1.65. The maximum Gasteiger partial charge on any atom is 0.256 e. The Bertz CT molecular complexity index is 591. The molecular weight excluding hydrogens is 290 g/mol. The van der Waals surface area contributed by atoms with Crippen molar-refractivity contribution in [3.8, 4) is 0 Å². The maximum absolute atomic E-state index is 13.1. The molecule has 1 aromatic heterocycles. The number of hydrogen-bond donors (Lipinski definition) is 0. The summed E-state index contributed by atoms with van der Waals surface area (Å²) in [7, 11) is 1.83. The largest absolute Gasteiger partial charge is 0.349 e. The molecule has 0 N–H and O–H groups in total. The van der Waals surface area contributed by atoms with E-state index in [4.69, 9.17) is 0 Å². The van der Waals surface area contributed by atoms with Crippen molar-refractivity contribution < 1.29 is 9.59 Å². The molecule has 0 saturated carbocycles. The van der Waals surface area contributed by atoms with E-state index in [0.29, 0.717) is 13.1 Å². The summed E-state index contributed by atoms with van der Waals surface area (Å²) in [6.45, 7) is 10.3. The molecule has 0 radical (unpaired) electrons. The average molecular weight is 319 g/mol. The van der Waals surface area contributed by atoms with Crippen molar-refractivity contribution in [3.63, 3.8) is 0 Å². The Labute approximate surface area is 139 Å². The molecule has 2 amide bonds. The lowest BCUT2D eigenvalue weighted by molar-refractivity contribution is -0.138. The molecule has 1 saturated heterocycles. The van der Waals surface area contributed by atoms with Gasteiger partial charge >= 0.3 is 0 Å². The molecule has 1 atom stereocenters. The first-order chi connectivity index (χ1) is 10.9. The number of aryl methyl sites for hydroxylation is 1. The highest BCUT2D eigenvalue weighted by molar-refractivity contribution is 5.99. The van der Waals surface area contributed by atoms with E-state index in [1.807, 2.05) is 27.0 Å². The Kier molecular flexibility index (Phi) is 5.50. The first-order valence-corrected chi connectivity index (χ1v) is 8.65. The van der Waals surface area contributed by atoms with Gasteiger partial charge in [0, 0.05) is 38.1 Å². The third kappa shape index (κ3) is 3.28. The summed E-state index contributed by atoms with van der Waals surface area (Å²) >= 11 is 0. The predicted octanol–water partition coefficient (Wildman–Crippen LogP) is 2.60. The van der Waals surface area contributed by atoms with Crippen LogP contribution in [0.3, 0.4) is 0 Å². The molecule has 1 fully saturated rings. The van der Waals surface area contributed by atoms with Gasteiger partial charge in [0.05, 0.1) is 5.56 Å². The number of unbranched alkanes of at least 4 members (excludes halogenated alkanes) is 1. The smallest absolute Gasteiger partial charge is 0.256 e. The van der Waals surface area contributed by atoms with Crippen LogP contribution < -0.4 is 0 Å². The van der Waals surface area contributed by atoms with Crippen molar-refractivity contribution in [3.05, 3.63) is 23.0 Å². The lowest BCUT2D eigenvalue weighted by atomic mass is 10.0. The van der Waals surface area contributed by atoms with Crippen molar-refractivity contribution in [2.24, 2.45) is 0 Å². The fourth-order valence-electron chi connectivity index (χ4n) is 3.49. The van der Waals surface area contributed by atoms with Gasteiger partial charge in [0.2, 0.25) is 5.91 Å². The first-order valence-electron chi connectivity index (χ1n) is 8.65. The molecule has 0 unspecified atom stereocenters. The van der Waals surface area contributed by atoms with Crippen LogP contribution in [0.25, 0.3) is 0 Å². The molecule has 0 spiro atoms. The van der Waals surface area contributed by atoms with E-state index in [-0.39, 0.29) is 17.9 Å². The van der Waals surface area contributed by atoms with Crippen LogP contribution in [0.15, 0.2) is 6.07 Å². The Morgan fingerprint density at radius 3 is 2.52 bits per heavy atom. The van der Waals surface area contributed by atoms with E-state index in [2.05, 4.69) is 18.4 Å². The first kappa shape index (κ1) is 17.6. The Morgan fingerprint density at radius 1 is 1.26 bits per heavy atom. The number of amides is 2. The van der Waals surface area contributed by atoms with E-state index in [1.165, 1.54) is 0 Å². The SMILES string of the molecule is CCCC[C@H]1C(=O)N(C)CCN1C(=O)c1cc(C)n(CC)c1C. The summed E-state index contributed by atoms with van der Waals surface area (Å²) in [6.07, 6.45) is 2.74. The number of carbonyl (C=O) groups excluding carboxylic acids is 2. The Hall–Kier alpha value is -1.78. The van der Waals surface area contributed by atoms with Gasteiger partial charge in [0.1, 0.15) is 6.04 Å². The van der Waals surface area contributed by atoms with Crippen LogP contribution >= 0.6 is 0 Å². The zero-order chi connectivity index (χ0) is 17.1. The number of nitrogens with zero attached hydrogens (tertiary/aromatic N) is 3.